The number of hydrogen-bond donors (Lipinski definition) is 0. The van der Waals surface area contributed by atoms with Gasteiger partial charge in [0.25, 0.3) is 5.88 Å². The summed E-state index contributed by atoms with van der Waals surface area (Å²) in [4.78, 5) is 18.7. The van der Waals surface area contributed by atoms with E-state index in [1.54, 1.807) is 6.92 Å². The molecule has 128 valence electrons. The third-order valence-corrected chi connectivity index (χ3v) is 3.62. The molecule has 0 atom stereocenters. The zero-order chi connectivity index (χ0) is 17.8. The van der Waals surface area contributed by atoms with Gasteiger partial charge in [-0.15, -0.1) is 0 Å². The highest BCUT2D eigenvalue weighted by Gasteiger charge is 2.18. The molecule has 2 aromatic heterocycles. The Morgan fingerprint density at radius 1 is 1.28 bits per heavy atom. The number of pyridine rings is 1. The Morgan fingerprint density at radius 2 is 2.08 bits per heavy atom. The Balaban J connectivity index is 1.68. The summed E-state index contributed by atoms with van der Waals surface area (Å²) in [5.74, 6) is 0.695. The van der Waals surface area contributed by atoms with E-state index in [0.717, 1.165) is 11.1 Å². The number of aryl methyl sites for hydroxylation is 2. The van der Waals surface area contributed by atoms with Gasteiger partial charge >= 0.3 is 5.69 Å². The maximum absolute atomic E-state index is 11.1. The maximum atomic E-state index is 11.1. The Bertz CT molecular complexity index is 907. The lowest BCUT2D eigenvalue weighted by Gasteiger charge is -2.03. The van der Waals surface area contributed by atoms with Gasteiger partial charge in [0, 0.05) is 12.3 Å². The average molecular weight is 340 g/mol. The molecule has 25 heavy (non-hydrogen) atoms. The topological polar surface area (TPSA) is 104 Å². The molecule has 0 fully saturated rings. The van der Waals surface area contributed by atoms with Gasteiger partial charge in [-0.2, -0.15) is 4.98 Å². The molecular weight excluding hydrogens is 324 g/mol. The third kappa shape index (κ3) is 3.97. The molecule has 8 heteroatoms. The number of rotatable bonds is 6. The Morgan fingerprint density at radius 3 is 2.84 bits per heavy atom. The highest BCUT2D eigenvalue weighted by molar-refractivity contribution is 5.42. The van der Waals surface area contributed by atoms with Crippen molar-refractivity contribution in [1.29, 1.82) is 0 Å². The third-order valence-electron chi connectivity index (χ3n) is 3.62. The lowest BCUT2D eigenvalue weighted by Crippen LogP contribution is -2.03. The van der Waals surface area contributed by atoms with Crippen molar-refractivity contribution in [3.05, 3.63) is 75.0 Å². The first-order chi connectivity index (χ1) is 12.0. The van der Waals surface area contributed by atoms with Crippen molar-refractivity contribution in [1.82, 2.24) is 15.1 Å². The van der Waals surface area contributed by atoms with E-state index in [4.69, 9.17) is 9.26 Å². The van der Waals surface area contributed by atoms with Gasteiger partial charge in [-0.3, -0.25) is 10.1 Å². The van der Waals surface area contributed by atoms with E-state index in [-0.39, 0.29) is 18.2 Å². The summed E-state index contributed by atoms with van der Waals surface area (Å²) in [5, 5.41) is 14.9. The molecule has 0 aliphatic heterocycles. The van der Waals surface area contributed by atoms with E-state index in [2.05, 4.69) is 15.1 Å². The van der Waals surface area contributed by atoms with Gasteiger partial charge in [0.05, 0.1) is 11.3 Å². The van der Waals surface area contributed by atoms with Crippen LogP contribution in [0.2, 0.25) is 0 Å². The van der Waals surface area contributed by atoms with Crippen LogP contribution in [0, 0.1) is 24.0 Å². The molecule has 0 unspecified atom stereocenters. The summed E-state index contributed by atoms with van der Waals surface area (Å²) in [6.07, 6.45) is 2.02. The van der Waals surface area contributed by atoms with Crippen molar-refractivity contribution in [2.75, 3.05) is 0 Å². The van der Waals surface area contributed by atoms with Gasteiger partial charge in [0.1, 0.15) is 0 Å². The van der Waals surface area contributed by atoms with Crippen LogP contribution in [-0.4, -0.2) is 20.0 Å². The largest absolute Gasteiger partial charge is 0.464 e. The standard InChI is InChI=1S/C17H16N4O4/c1-11-7-14(21(22)23)17(18-9-11)24-10-15-19-16(25-20-15)8-13-6-4-3-5-12(13)2/h3-7,9H,8,10H2,1-2H3. The van der Waals surface area contributed by atoms with Crippen LogP contribution in [0.25, 0.3) is 0 Å². The molecule has 2 heterocycles. The van der Waals surface area contributed by atoms with E-state index < -0.39 is 4.92 Å². The van der Waals surface area contributed by atoms with Crippen molar-refractivity contribution >= 4 is 5.69 Å². The minimum atomic E-state index is -0.533. The molecule has 0 aliphatic rings. The molecule has 3 rings (SSSR count). The van der Waals surface area contributed by atoms with Crippen LogP contribution in [0.15, 0.2) is 41.1 Å². The fourth-order valence-corrected chi connectivity index (χ4v) is 2.31. The van der Waals surface area contributed by atoms with Gasteiger partial charge < -0.3 is 9.26 Å². The lowest BCUT2D eigenvalue weighted by molar-refractivity contribution is -0.386. The average Bonchev–Trinajstić information content (AvgIpc) is 3.03. The zero-order valence-corrected chi connectivity index (χ0v) is 13.8. The highest BCUT2D eigenvalue weighted by Crippen LogP contribution is 2.25. The van der Waals surface area contributed by atoms with Crippen LogP contribution in [0.3, 0.4) is 0 Å². The Labute approximate surface area is 143 Å². The smallest absolute Gasteiger partial charge is 0.331 e. The summed E-state index contributed by atoms with van der Waals surface area (Å²) in [6.45, 7) is 3.67. The fraction of sp³-hybridized carbons (Fsp3) is 0.235. The van der Waals surface area contributed by atoms with Crippen LogP contribution in [0.1, 0.15) is 28.4 Å². The quantitative estimate of drug-likeness (QED) is 0.501. The summed E-state index contributed by atoms with van der Waals surface area (Å²) < 4.78 is 10.6. The van der Waals surface area contributed by atoms with Crippen LogP contribution in [0.5, 0.6) is 5.88 Å². The first-order valence-electron chi connectivity index (χ1n) is 7.62. The minimum Gasteiger partial charge on any atom is -0.464 e. The first-order valence-corrected chi connectivity index (χ1v) is 7.62. The Kier molecular flexibility index (Phi) is 4.69. The number of nitrogens with zero attached hydrogens (tertiary/aromatic N) is 4. The number of hydrogen-bond acceptors (Lipinski definition) is 7. The number of benzene rings is 1. The molecule has 0 saturated carbocycles. The SMILES string of the molecule is Cc1cnc(OCc2noc(Cc3ccccc3C)n2)c([N+](=O)[O-])c1. The normalized spacial score (nSPS) is 10.6. The monoisotopic (exact) mass is 340 g/mol. The van der Waals surface area contributed by atoms with Gasteiger partial charge in [0.2, 0.25) is 11.7 Å². The summed E-state index contributed by atoms with van der Waals surface area (Å²) in [7, 11) is 0. The highest BCUT2D eigenvalue weighted by atomic mass is 16.6. The van der Waals surface area contributed by atoms with E-state index in [0.29, 0.717) is 23.7 Å². The van der Waals surface area contributed by atoms with Crippen molar-refractivity contribution < 1.29 is 14.2 Å². The van der Waals surface area contributed by atoms with Crippen molar-refractivity contribution in [3.63, 3.8) is 0 Å². The van der Waals surface area contributed by atoms with Gasteiger partial charge in [-0.05, 0) is 30.5 Å². The Hall–Kier alpha value is -3.29. The molecule has 0 bridgehead atoms. The van der Waals surface area contributed by atoms with Crippen molar-refractivity contribution in [2.45, 2.75) is 26.9 Å². The summed E-state index contributed by atoms with van der Waals surface area (Å²) >= 11 is 0. The summed E-state index contributed by atoms with van der Waals surface area (Å²) in [6, 6.07) is 9.33. The van der Waals surface area contributed by atoms with Gasteiger partial charge in [-0.25, -0.2) is 4.98 Å². The van der Waals surface area contributed by atoms with E-state index >= 15 is 0 Å². The molecule has 0 N–H and O–H groups in total. The predicted molar refractivity (Wildman–Crippen MR) is 88.2 cm³/mol. The van der Waals surface area contributed by atoms with Crippen LogP contribution < -0.4 is 4.74 Å². The number of aromatic nitrogens is 3. The predicted octanol–water partition coefficient (Wildman–Crippen LogP) is 3.16. The molecule has 0 aliphatic carbocycles. The zero-order valence-electron chi connectivity index (χ0n) is 13.8. The summed E-state index contributed by atoms with van der Waals surface area (Å²) in [5.41, 5.74) is 2.72. The first kappa shape index (κ1) is 16.6. The van der Waals surface area contributed by atoms with Crippen molar-refractivity contribution in [2.24, 2.45) is 0 Å². The lowest BCUT2D eigenvalue weighted by atomic mass is 10.1. The van der Waals surface area contributed by atoms with E-state index in [1.165, 1.54) is 12.3 Å². The second-order valence-corrected chi connectivity index (χ2v) is 5.59. The molecule has 0 saturated heterocycles. The second kappa shape index (κ2) is 7.08. The molecule has 1 aromatic carbocycles. The molecule has 8 nitrogen and oxygen atoms in total. The molecular formula is C17H16N4O4. The fourth-order valence-electron chi connectivity index (χ4n) is 2.31. The van der Waals surface area contributed by atoms with Crippen LogP contribution in [0.4, 0.5) is 5.69 Å². The number of nitro groups is 1. The van der Waals surface area contributed by atoms with E-state index in [9.17, 15) is 10.1 Å². The maximum Gasteiger partial charge on any atom is 0.331 e. The van der Waals surface area contributed by atoms with E-state index in [1.807, 2.05) is 31.2 Å². The van der Waals surface area contributed by atoms with Crippen LogP contribution in [-0.2, 0) is 13.0 Å². The molecule has 0 radical (unpaired) electrons. The van der Waals surface area contributed by atoms with Crippen LogP contribution >= 0.6 is 0 Å². The van der Waals surface area contributed by atoms with Gasteiger partial charge in [-0.1, -0.05) is 29.4 Å². The molecule has 0 amide bonds. The van der Waals surface area contributed by atoms with Gasteiger partial charge in [0.15, 0.2) is 6.61 Å². The second-order valence-electron chi connectivity index (χ2n) is 5.59. The minimum absolute atomic E-state index is 0.0613. The molecule has 3 aromatic rings. The van der Waals surface area contributed by atoms with Crippen molar-refractivity contribution in [3.8, 4) is 5.88 Å². The number of ether oxygens (including phenoxy) is 1. The molecule has 0 spiro atoms.